The molecular formula is C17H28N2O. The number of benzene rings is 1. The molecule has 1 saturated heterocycles. The highest BCUT2D eigenvalue weighted by Gasteiger charge is 2.14. The highest BCUT2D eigenvalue weighted by atomic mass is 16.5. The topological polar surface area (TPSA) is 38.5 Å². The summed E-state index contributed by atoms with van der Waals surface area (Å²) in [5.41, 5.74) is 8.54. The molecule has 3 nitrogen and oxygen atoms in total. The Bertz CT molecular complexity index is 411. The van der Waals surface area contributed by atoms with Crippen LogP contribution in [0.15, 0.2) is 18.2 Å². The molecule has 20 heavy (non-hydrogen) atoms. The molecule has 1 fully saturated rings. The third-order valence-electron chi connectivity index (χ3n) is 3.83. The second-order valence-corrected chi connectivity index (χ2v) is 5.89. The highest BCUT2D eigenvalue weighted by Crippen LogP contribution is 2.24. The smallest absolute Gasteiger partial charge is 0.123 e. The van der Waals surface area contributed by atoms with Crippen molar-refractivity contribution in [2.24, 2.45) is 5.73 Å². The summed E-state index contributed by atoms with van der Waals surface area (Å²) in [6.07, 6.45) is 4.95. The Kier molecular flexibility index (Phi) is 5.86. The van der Waals surface area contributed by atoms with E-state index in [4.69, 9.17) is 10.5 Å². The van der Waals surface area contributed by atoms with Crippen LogP contribution < -0.4 is 10.5 Å². The van der Waals surface area contributed by atoms with Crippen LogP contribution in [0.3, 0.4) is 0 Å². The predicted octanol–water partition coefficient (Wildman–Crippen LogP) is 2.96. The number of likely N-dealkylation sites (tertiary alicyclic amines) is 1. The highest BCUT2D eigenvalue weighted by molar-refractivity contribution is 5.37. The summed E-state index contributed by atoms with van der Waals surface area (Å²) >= 11 is 0. The van der Waals surface area contributed by atoms with Gasteiger partial charge in [-0.25, -0.2) is 0 Å². The summed E-state index contributed by atoms with van der Waals surface area (Å²) in [7, 11) is 0. The number of hydrogen-bond donors (Lipinski definition) is 1. The second kappa shape index (κ2) is 7.65. The number of nitrogens with two attached hydrogens (primary N) is 1. The summed E-state index contributed by atoms with van der Waals surface area (Å²) in [4.78, 5) is 2.54. The molecule has 1 aliphatic rings. The lowest BCUT2D eigenvalue weighted by atomic mass is 10.0. The van der Waals surface area contributed by atoms with E-state index in [1.165, 1.54) is 43.5 Å². The predicted molar refractivity (Wildman–Crippen MR) is 84.1 cm³/mol. The van der Waals surface area contributed by atoms with Crippen LogP contribution >= 0.6 is 0 Å². The van der Waals surface area contributed by atoms with Crippen molar-refractivity contribution < 1.29 is 4.74 Å². The molecule has 1 aromatic rings. The zero-order chi connectivity index (χ0) is 14.4. The fraction of sp³-hybridized carbons (Fsp3) is 0.647. The number of rotatable bonds is 6. The maximum atomic E-state index is 5.91. The lowest BCUT2D eigenvalue weighted by Crippen LogP contribution is -2.29. The van der Waals surface area contributed by atoms with E-state index < -0.39 is 0 Å². The summed E-state index contributed by atoms with van der Waals surface area (Å²) < 4.78 is 5.78. The van der Waals surface area contributed by atoms with Crippen LogP contribution in [0.2, 0.25) is 0 Å². The molecule has 1 atom stereocenters. The molecule has 0 aliphatic carbocycles. The van der Waals surface area contributed by atoms with E-state index >= 15 is 0 Å². The van der Waals surface area contributed by atoms with Crippen molar-refractivity contribution >= 4 is 0 Å². The van der Waals surface area contributed by atoms with Crippen LogP contribution in [0.5, 0.6) is 5.75 Å². The SMILES string of the molecule is CCOc1ccc(CC(C)N)cc1CN1CCCCC1. The lowest BCUT2D eigenvalue weighted by molar-refractivity contribution is 0.216. The monoisotopic (exact) mass is 276 g/mol. The number of hydrogen-bond acceptors (Lipinski definition) is 3. The Morgan fingerprint density at radius 1 is 1.25 bits per heavy atom. The fourth-order valence-corrected chi connectivity index (χ4v) is 2.91. The average molecular weight is 276 g/mol. The maximum absolute atomic E-state index is 5.91. The van der Waals surface area contributed by atoms with Crippen molar-refractivity contribution in [3.05, 3.63) is 29.3 Å². The number of nitrogens with zero attached hydrogens (tertiary/aromatic N) is 1. The molecule has 1 aliphatic heterocycles. The molecule has 0 bridgehead atoms. The van der Waals surface area contributed by atoms with Crippen LogP contribution in [0.1, 0.15) is 44.2 Å². The van der Waals surface area contributed by atoms with Gasteiger partial charge in [0.05, 0.1) is 6.61 Å². The van der Waals surface area contributed by atoms with Gasteiger partial charge in [-0.3, -0.25) is 4.90 Å². The van der Waals surface area contributed by atoms with E-state index in [-0.39, 0.29) is 6.04 Å². The normalized spacial score (nSPS) is 17.9. The van der Waals surface area contributed by atoms with Crippen LogP contribution in [-0.4, -0.2) is 30.6 Å². The van der Waals surface area contributed by atoms with Gasteiger partial charge in [0.15, 0.2) is 0 Å². The summed E-state index contributed by atoms with van der Waals surface area (Å²) in [5, 5.41) is 0. The van der Waals surface area contributed by atoms with Crippen molar-refractivity contribution in [2.45, 2.75) is 52.1 Å². The fourth-order valence-electron chi connectivity index (χ4n) is 2.91. The average Bonchev–Trinajstić information content (AvgIpc) is 2.42. The van der Waals surface area contributed by atoms with Gasteiger partial charge in [0.1, 0.15) is 5.75 Å². The molecule has 112 valence electrons. The number of piperidine rings is 1. The van der Waals surface area contributed by atoms with E-state index in [9.17, 15) is 0 Å². The van der Waals surface area contributed by atoms with Crippen molar-refractivity contribution in [3.63, 3.8) is 0 Å². The molecule has 0 radical (unpaired) electrons. The quantitative estimate of drug-likeness (QED) is 0.868. The third kappa shape index (κ3) is 4.50. The Balaban J connectivity index is 2.12. The lowest BCUT2D eigenvalue weighted by Gasteiger charge is -2.27. The van der Waals surface area contributed by atoms with E-state index in [1.807, 2.05) is 6.92 Å². The van der Waals surface area contributed by atoms with Crippen LogP contribution in [0.25, 0.3) is 0 Å². The van der Waals surface area contributed by atoms with Gasteiger partial charge in [0, 0.05) is 18.2 Å². The van der Waals surface area contributed by atoms with E-state index in [0.29, 0.717) is 0 Å². The van der Waals surface area contributed by atoms with Gasteiger partial charge in [-0.2, -0.15) is 0 Å². The Labute approximate surface area is 123 Å². The minimum atomic E-state index is 0.204. The Morgan fingerprint density at radius 2 is 2.00 bits per heavy atom. The van der Waals surface area contributed by atoms with Gasteiger partial charge >= 0.3 is 0 Å². The minimum Gasteiger partial charge on any atom is -0.494 e. The van der Waals surface area contributed by atoms with Crippen molar-refractivity contribution in [1.29, 1.82) is 0 Å². The molecule has 1 aromatic carbocycles. The molecule has 3 heteroatoms. The van der Waals surface area contributed by atoms with Crippen LogP contribution in [-0.2, 0) is 13.0 Å². The first kappa shape index (κ1) is 15.3. The third-order valence-corrected chi connectivity index (χ3v) is 3.83. The molecule has 0 spiro atoms. The van der Waals surface area contributed by atoms with Crippen LogP contribution in [0.4, 0.5) is 0 Å². The molecule has 1 unspecified atom stereocenters. The van der Waals surface area contributed by atoms with E-state index in [2.05, 4.69) is 30.0 Å². The van der Waals surface area contributed by atoms with Gasteiger partial charge in [-0.15, -0.1) is 0 Å². The molecule has 2 N–H and O–H groups in total. The van der Waals surface area contributed by atoms with E-state index in [1.54, 1.807) is 0 Å². The second-order valence-electron chi connectivity index (χ2n) is 5.89. The molecule has 2 rings (SSSR count). The molecular weight excluding hydrogens is 248 g/mol. The van der Waals surface area contributed by atoms with Gasteiger partial charge in [-0.05, 0) is 57.8 Å². The zero-order valence-electron chi connectivity index (χ0n) is 12.9. The van der Waals surface area contributed by atoms with Crippen molar-refractivity contribution in [1.82, 2.24) is 4.90 Å². The molecule has 0 amide bonds. The van der Waals surface area contributed by atoms with Crippen LogP contribution in [0, 0.1) is 0 Å². The van der Waals surface area contributed by atoms with Crippen molar-refractivity contribution in [3.8, 4) is 5.75 Å². The summed E-state index contributed by atoms with van der Waals surface area (Å²) in [6.45, 7) is 8.25. The van der Waals surface area contributed by atoms with Gasteiger partial charge in [0.25, 0.3) is 0 Å². The largest absolute Gasteiger partial charge is 0.494 e. The summed E-state index contributed by atoms with van der Waals surface area (Å²) in [6, 6.07) is 6.74. The van der Waals surface area contributed by atoms with Gasteiger partial charge in [0.2, 0.25) is 0 Å². The first-order chi connectivity index (χ1) is 9.69. The van der Waals surface area contributed by atoms with Gasteiger partial charge < -0.3 is 10.5 Å². The molecule has 0 saturated carbocycles. The van der Waals surface area contributed by atoms with Crippen molar-refractivity contribution in [2.75, 3.05) is 19.7 Å². The Hall–Kier alpha value is -1.06. The first-order valence-corrected chi connectivity index (χ1v) is 7.91. The Morgan fingerprint density at radius 3 is 2.65 bits per heavy atom. The van der Waals surface area contributed by atoms with Gasteiger partial charge in [-0.1, -0.05) is 18.6 Å². The maximum Gasteiger partial charge on any atom is 0.123 e. The number of ether oxygens (including phenoxy) is 1. The molecule has 1 heterocycles. The summed E-state index contributed by atoms with van der Waals surface area (Å²) in [5.74, 6) is 1.03. The molecule has 0 aromatic heterocycles. The van der Waals surface area contributed by atoms with E-state index in [0.717, 1.165) is 25.3 Å². The zero-order valence-corrected chi connectivity index (χ0v) is 12.9. The minimum absolute atomic E-state index is 0.204. The standard InChI is InChI=1S/C17H28N2O/c1-3-20-17-8-7-15(11-14(2)18)12-16(17)13-19-9-5-4-6-10-19/h7-8,12,14H,3-6,9-11,13,18H2,1-2H3. The first-order valence-electron chi connectivity index (χ1n) is 7.91.